The normalized spacial score (nSPS) is 12.0. The van der Waals surface area contributed by atoms with Crippen molar-refractivity contribution < 1.29 is 27.0 Å². The number of aromatic nitrogens is 2. The van der Waals surface area contributed by atoms with E-state index in [2.05, 4.69) is 9.97 Å². The first kappa shape index (κ1) is 23.5. The van der Waals surface area contributed by atoms with E-state index in [1.165, 1.54) is 60.9 Å². The molecule has 3 aromatic carbocycles. The van der Waals surface area contributed by atoms with Crippen molar-refractivity contribution in [3.05, 3.63) is 97.6 Å². The van der Waals surface area contributed by atoms with Crippen LogP contribution in [0.5, 0.6) is 11.5 Å². The molecule has 2 heterocycles. The van der Waals surface area contributed by atoms with Crippen LogP contribution in [0.2, 0.25) is 0 Å². The Morgan fingerprint density at radius 2 is 0.806 bits per heavy atom. The minimum atomic E-state index is -3.85. The van der Waals surface area contributed by atoms with Gasteiger partial charge in [0, 0.05) is 35.9 Å². The zero-order valence-electron chi connectivity index (χ0n) is 18.6. The van der Waals surface area contributed by atoms with Gasteiger partial charge in [-0.2, -0.15) is 0 Å². The van der Waals surface area contributed by atoms with Crippen molar-refractivity contribution in [1.29, 1.82) is 0 Å². The molecule has 0 saturated heterocycles. The van der Waals surface area contributed by atoms with Crippen LogP contribution >= 0.6 is 0 Å². The van der Waals surface area contributed by atoms with Crippen LogP contribution in [0.15, 0.2) is 117 Å². The Labute approximate surface area is 207 Å². The predicted molar refractivity (Wildman–Crippen MR) is 133 cm³/mol. The molecular formula is C26H20N2O6S2. The van der Waals surface area contributed by atoms with Gasteiger partial charge in [0.2, 0.25) is 19.7 Å². The zero-order valence-corrected chi connectivity index (χ0v) is 20.2. The van der Waals surface area contributed by atoms with Gasteiger partial charge < -0.3 is 20.2 Å². The monoisotopic (exact) mass is 520 g/mol. The van der Waals surface area contributed by atoms with Crippen molar-refractivity contribution in [2.75, 3.05) is 0 Å². The van der Waals surface area contributed by atoms with Gasteiger partial charge in [-0.1, -0.05) is 24.3 Å². The lowest BCUT2D eigenvalue weighted by atomic mass is 10.0. The summed E-state index contributed by atoms with van der Waals surface area (Å²) in [5.74, 6) is -0.0641. The Bertz CT molecular complexity index is 1620. The minimum Gasteiger partial charge on any atom is -0.508 e. The van der Waals surface area contributed by atoms with Crippen molar-refractivity contribution >= 4 is 19.7 Å². The Morgan fingerprint density at radius 3 is 1.14 bits per heavy atom. The minimum absolute atomic E-state index is 0.0321. The maximum Gasteiger partial charge on any atom is 0.208 e. The van der Waals surface area contributed by atoms with E-state index in [9.17, 15) is 27.0 Å². The molecule has 8 nitrogen and oxygen atoms in total. The lowest BCUT2D eigenvalue weighted by Gasteiger charge is -2.09. The summed E-state index contributed by atoms with van der Waals surface area (Å²) in [5, 5.41) is 19.0. The third kappa shape index (κ3) is 4.06. The van der Waals surface area contributed by atoms with Gasteiger partial charge in [0.15, 0.2) is 0 Å². The fraction of sp³-hybridized carbons (Fsp3) is 0. The fourth-order valence-electron chi connectivity index (χ4n) is 3.93. The van der Waals surface area contributed by atoms with Crippen molar-refractivity contribution in [3.8, 4) is 33.8 Å². The fourth-order valence-corrected chi connectivity index (χ4v) is 6.80. The van der Waals surface area contributed by atoms with E-state index in [0.717, 1.165) is 0 Å². The van der Waals surface area contributed by atoms with Gasteiger partial charge in [-0.3, -0.25) is 0 Å². The molecule has 0 atom stereocenters. The maximum absolute atomic E-state index is 13.2. The largest absolute Gasteiger partial charge is 0.508 e. The molecule has 0 amide bonds. The van der Waals surface area contributed by atoms with Crippen LogP contribution < -0.4 is 0 Å². The summed E-state index contributed by atoms with van der Waals surface area (Å²) in [6, 6.07) is 17.5. The van der Waals surface area contributed by atoms with E-state index >= 15 is 0 Å². The highest BCUT2D eigenvalue weighted by Gasteiger charge is 2.25. The molecular weight excluding hydrogens is 500 g/mol. The van der Waals surface area contributed by atoms with Gasteiger partial charge in [-0.05, 0) is 59.7 Å². The van der Waals surface area contributed by atoms with Crippen LogP contribution in [0, 0.1) is 0 Å². The van der Waals surface area contributed by atoms with Crippen molar-refractivity contribution in [2.45, 2.75) is 19.6 Å². The number of phenolic OH excluding ortho intramolecular Hbond substituents is 2. The predicted octanol–water partition coefficient (Wildman–Crippen LogP) is 4.75. The highest BCUT2D eigenvalue weighted by molar-refractivity contribution is 7.92. The Morgan fingerprint density at radius 1 is 0.472 bits per heavy atom. The van der Waals surface area contributed by atoms with Gasteiger partial charge in [0.1, 0.15) is 11.5 Å². The van der Waals surface area contributed by atoms with E-state index in [-0.39, 0.29) is 31.1 Å². The van der Waals surface area contributed by atoms with Gasteiger partial charge >= 0.3 is 0 Å². The number of aromatic amines is 2. The molecule has 2 aromatic heterocycles. The van der Waals surface area contributed by atoms with Crippen LogP contribution in [-0.2, 0) is 19.7 Å². The van der Waals surface area contributed by atoms with Crippen LogP contribution in [0.1, 0.15) is 0 Å². The Kier molecular flexibility index (Phi) is 5.70. The molecule has 0 unspecified atom stereocenters. The first-order valence-corrected chi connectivity index (χ1v) is 13.7. The SMILES string of the molecule is O=S(=O)(c1ccc(O)cc1)c1c[nH]cc1-c1ccc(-c2c[nH]cc2S(=O)(=O)c2ccc(O)cc2)cc1. The highest BCUT2D eigenvalue weighted by Crippen LogP contribution is 2.35. The molecule has 0 saturated carbocycles. The molecule has 36 heavy (non-hydrogen) atoms. The number of phenols is 2. The van der Waals surface area contributed by atoms with Crippen LogP contribution in [0.4, 0.5) is 0 Å². The topological polar surface area (TPSA) is 140 Å². The van der Waals surface area contributed by atoms with E-state index in [1.54, 1.807) is 36.7 Å². The molecule has 0 aliphatic carbocycles. The van der Waals surface area contributed by atoms with E-state index < -0.39 is 19.7 Å². The standard InChI is InChI=1S/C26H20N2O6S2/c29-19-5-9-21(10-6-19)35(31,32)25-15-27-13-23(25)17-1-2-18(4-3-17)24-14-28-16-26(24)36(33,34)22-11-7-20(30)8-12-22/h1-16,27-30H. The summed E-state index contributed by atoms with van der Waals surface area (Å²) in [5.41, 5.74) is 2.16. The maximum atomic E-state index is 13.2. The smallest absolute Gasteiger partial charge is 0.208 e. The van der Waals surface area contributed by atoms with E-state index in [1.807, 2.05) is 0 Å². The van der Waals surface area contributed by atoms with Gasteiger partial charge in [0.05, 0.1) is 19.6 Å². The molecule has 0 radical (unpaired) electrons. The average molecular weight is 521 g/mol. The number of hydrogen-bond donors (Lipinski definition) is 4. The molecule has 0 bridgehead atoms. The lowest BCUT2D eigenvalue weighted by Crippen LogP contribution is -2.02. The number of sulfone groups is 2. The number of H-pyrrole nitrogens is 2. The summed E-state index contributed by atoms with van der Waals surface area (Å²) in [6.45, 7) is 0. The molecule has 0 spiro atoms. The molecule has 10 heteroatoms. The molecule has 5 aromatic rings. The van der Waals surface area contributed by atoms with E-state index in [0.29, 0.717) is 22.3 Å². The highest BCUT2D eigenvalue weighted by atomic mass is 32.2. The van der Waals surface area contributed by atoms with Crippen LogP contribution in [0.25, 0.3) is 22.3 Å². The van der Waals surface area contributed by atoms with Crippen LogP contribution in [-0.4, -0.2) is 37.0 Å². The van der Waals surface area contributed by atoms with Crippen LogP contribution in [0.3, 0.4) is 0 Å². The third-order valence-corrected chi connectivity index (χ3v) is 9.41. The Hall–Kier alpha value is -4.28. The van der Waals surface area contributed by atoms with Gasteiger partial charge in [0.25, 0.3) is 0 Å². The number of hydrogen-bond acceptors (Lipinski definition) is 6. The molecule has 0 aliphatic rings. The molecule has 5 rings (SSSR count). The summed E-state index contributed by atoms with van der Waals surface area (Å²) >= 11 is 0. The number of nitrogens with one attached hydrogen (secondary N) is 2. The Balaban J connectivity index is 1.50. The average Bonchev–Trinajstić information content (AvgIpc) is 3.56. The van der Waals surface area contributed by atoms with Crippen molar-refractivity contribution in [1.82, 2.24) is 9.97 Å². The summed E-state index contributed by atoms with van der Waals surface area (Å²) in [7, 11) is -7.70. The lowest BCUT2D eigenvalue weighted by molar-refractivity contribution is 0.474. The van der Waals surface area contributed by atoms with Crippen molar-refractivity contribution in [3.63, 3.8) is 0 Å². The van der Waals surface area contributed by atoms with Gasteiger partial charge in [-0.15, -0.1) is 0 Å². The first-order valence-electron chi connectivity index (χ1n) is 10.7. The molecule has 0 aliphatic heterocycles. The zero-order chi connectivity index (χ0) is 25.5. The van der Waals surface area contributed by atoms with Crippen molar-refractivity contribution in [2.24, 2.45) is 0 Å². The number of aromatic hydroxyl groups is 2. The second-order valence-corrected chi connectivity index (χ2v) is 11.9. The number of rotatable bonds is 6. The summed E-state index contributed by atoms with van der Waals surface area (Å²) < 4.78 is 52.7. The molecule has 4 N–H and O–H groups in total. The molecule has 182 valence electrons. The summed E-state index contributed by atoms with van der Waals surface area (Å²) in [4.78, 5) is 5.96. The summed E-state index contributed by atoms with van der Waals surface area (Å²) in [6.07, 6.45) is 5.97. The number of benzene rings is 3. The van der Waals surface area contributed by atoms with Gasteiger partial charge in [-0.25, -0.2) is 16.8 Å². The second kappa shape index (κ2) is 8.74. The third-order valence-electron chi connectivity index (χ3n) is 5.80. The molecule has 0 fully saturated rings. The first-order chi connectivity index (χ1) is 17.2. The second-order valence-electron chi connectivity index (χ2n) is 8.04. The quantitative estimate of drug-likeness (QED) is 0.255. The van der Waals surface area contributed by atoms with E-state index in [4.69, 9.17) is 0 Å².